The van der Waals surface area contributed by atoms with Crippen molar-refractivity contribution in [1.82, 2.24) is 0 Å². The molecule has 2 rings (SSSR count). The van der Waals surface area contributed by atoms with E-state index in [4.69, 9.17) is 0 Å². The molecule has 37 valence electrons. The maximum Gasteiger partial charge on any atom is 0.0290 e. The second-order valence-corrected chi connectivity index (χ2v) is 4.22. The Balaban J connectivity index is 2.17. The first-order valence-electron chi connectivity index (χ1n) is 2.62. The van der Waals surface area contributed by atoms with Gasteiger partial charge in [0.05, 0.1) is 0 Å². The molecule has 0 saturated heterocycles. The minimum absolute atomic E-state index is 0.747. The lowest BCUT2D eigenvalue weighted by Gasteiger charge is -1.71. The average molecular weight is 174 g/mol. The fourth-order valence-electron chi connectivity index (χ4n) is 1.17. The van der Waals surface area contributed by atoms with Crippen molar-refractivity contribution in [2.45, 2.75) is 23.2 Å². The summed E-state index contributed by atoms with van der Waals surface area (Å²) < 4.78 is 0. The van der Waals surface area contributed by atoms with Gasteiger partial charge in [0.25, 0.3) is 0 Å². The second-order valence-electron chi connectivity index (χ2n) is 2.61. The molecule has 2 saturated carbocycles. The summed E-state index contributed by atoms with van der Waals surface area (Å²) in [7, 11) is 3.63. The van der Waals surface area contributed by atoms with Crippen molar-refractivity contribution in [2.24, 2.45) is 5.41 Å². The van der Waals surface area contributed by atoms with Crippen molar-refractivity contribution in [3.05, 3.63) is 0 Å². The van der Waals surface area contributed by atoms with Crippen LogP contribution in [0.4, 0.5) is 0 Å². The SMILES string of the molecule is [Si]C1C(Br)C12CC2. The van der Waals surface area contributed by atoms with Crippen molar-refractivity contribution < 1.29 is 0 Å². The molecule has 2 atom stereocenters. The van der Waals surface area contributed by atoms with Crippen molar-refractivity contribution in [2.75, 3.05) is 0 Å². The summed E-state index contributed by atoms with van der Waals surface area (Å²) in [6.45, 7) is 0. The Labute approximate surface area is 55.2 Å². The van der Waals surface area contributed by atoms with E-state index in [1.165, 1.54) is 12.8 Å². The zero-order chi connectivity index (χ0) is 5.07. The molecular weight excluding hydrogens is 168 g/mol. The molecule has 2 fully saturated rings. The largest absolute Gasteiger partial charge is 0.0885 e. The van der Waals surface area contributed by atoms with Crippen molar-refractivity contribution in [3.8, 4) is 0 Å². The van der Waals surface area contributed by atoms with Gasteiger partial charge >= 0.3 is 0 Å². The molecule has 0 aromatic carbocycles. The van der Waals surface area contributed by atoms with Gasteiger partial charge in [-0.1, -0.05) is 15.9 Å². The van der Waals surface area contributed by atoms with Gasteiger partial charge in [0.2, 0.25) is 0 Å². The van der Waals surface area contributed by atoms with Gasteiger partial charge in [-0.3, -0.25) is 0 Å². The van der Waals surface area contributed by atoms with Gasteiger partial charge in [-0.05, 0) is 23.8 Å². The molecule has 2 unspecified atom stereocenters. The summed E-state index contributed by atoms with van der Waals surface area (Å²) in [6, 6.07) is 0. The highest BCUT2D eigenvalue weighted by atomic mass is 79.9. The predicted molar refractivity (Wildman–Crippen MR) is 33.9 cm³/mol. The van der Waals surface area contributed by atoms with Crippen LogP contribution in [0, 0.1) is 5.41 Å². The number of alkyl halides is 1. The monoisotopic (exact) mass is 173 g/mol. The molecule has 3 radical (unpaired) electrons. The van der Waals surface area contributed by atoms with Crippen molar-refractivity contribution in [3.63, 3.8) is 0 Å². The molecule has 0 aromatic heterocycles. The van der Waals surface area contributed by atoms with E-state index in [0.29, 0.717) is 0 Å². The van der Waals surface area contributed by atoms with Crippen molar-refractivity contribution >= 4 is 26.2 Å². The standard InChI is InChI=1S/C5H6BrSi/c6-3-4(7)5(3)1-2-5/h3-4H,1-2H2. The molecule has 0 amide bonds. The van der Waals surface area contributed by atoms with Crippen LogP contribution in [0.2, 0.25) is 5.54 Å². The van der Waals surface area contributed by atoms with Crippen LogP contribution in [0.15, 0.2) is 0 Å². The molecule has 2 heteroatoms. The Morgan fingerprint density at radius 1 is 1.57 bits per heavy atom. The summed E-state index contributed by atoms with van der Waals surface area (Å²) in [5, 5.41) is 0. The Hall–Kier alpha value is 0.697. The second kappa shape index (κ2) is 1.01. The van der Waals surface area contributed by atoms with Gasteiger partial charge in [-0.25, -0.2) is 0 Å². The predicted octanol–water partition coefficient (Wildman–Crippen LogP) is 1.50. The van der Waals surface area contributed by atoms with Crippen LogP contribution >= 0.6 is 15.9 Å². The molecule has 0 heterocycles. The fraction of sp³-hybridized carbons (Fsp3) is 1.00. The quantitative estimate of drug-likeness (QED) is 0.385. The summed E-state index contributed by atoms with van der Waals surface area (Å²) in [4.78, 5) is 0.802. The third kappa shape index (κ3) is 0.381. The minimum Gasteiger partial charge on any atom is -0.0885 e. The van der Waals surface area contributed by atoms with E-state index >= 15 is 0 Å². The van der Waals surface area contributed by atoms with Crippen molar-refractivity contribution in [1.29, 1.82) is 0 Å². The van der Waals surface area contributed by atoms with E-state index in [1.807, 2.05) is 0 Å². The third-order valence-corrected chi connectivity index (χ3v) is 5.02. The van der Waals surface area contributed by atoms with E-state index < -0.39 is 0 Å². The average Bonchev–Trinajstić information content (AvgIpc) is 2.47. The molecule has 2 aliphatic rings. The number of hydrogen-bond acceptors (Lipinski definition) is 0. The highest BCUT2D eigenvalue weighted by molar-refractivity contribution is 9.09. The Bertz CT molecular complexity index is 98.6. The van der Waals surface area contributed by atoms with E-state index in [1.54, 1.807) is 0 Å². The molecule has 0 nitrogen and oxygen atoms in total. The van der Waals surface area contributed by atoms with E-state index in [9.17, 15) is 0 Å². The lowest BCUT2D eigenvalue weighted by Crippen LogP contribution is -1.67. The lowest BCUT2D eigenvalue weighted by atomic mass is 10.4. The normalized spacial score (nSPS) is 52.3. The van der Waals surface area contributed by atoms with E-state index in [2.05, 4.69) is 26.2 Å². The molecule has 0 aromatic rings. The molecule has 7 heavy (non-hydrogen) atoms. The zero-order valence-corrected chi connectivity index (χ0v) is 6.53. The van der Waals surface area contributed by atoms with Crippen LogP contribution in [0.5, 0.6) is 0 Å². The summed E-state index contributed by atoms with van der Waals surface area (Å²) in [5.74, 6) is 0. The van der Waals surface area contributed by atoms with Gasteiger partial charge in [-0.15, -0.1) is 0 Å². The Morgan fingerprint density at radius 2 is 2.00 bits per heavy atom. The summed E-state index contributed by atoms with van der Waals surface area (Å²) in [5.41, 5.74) is 1.55. The molecule has 0 bridgehead atoms. The molecule has 0 aliphatic heterocycles. The Kier molecular flexibility index (Phi) is 0.656. The van der Waals surface area contributed by atoms with Crippen LogP contribution in [-0.4, -0.2) is 15.1 Å². The van der Waals surface area contributed by atoms with E-state index in [0.717, 1.165) is 15.8 Å². The van der Waals surface area contributed by atoms with E-state index in [-0.39, 0.29) is 0 Å². The summed E-state index contributed by atoms with van der Waals surface area (Å²) in [6.07, 6.45) is 2.88. The third-order valence-electron chi connectivity index (χ3n) is 2.18. The fourth-order valence-corrected chi connectivity index (χ4v) is 3.24. The molecule has 1 spiro atoms. The smallest absolute Gasteiger partial charge is 0.0290 e. The van der Waals surface area contributed by atoms with Gasteiger partial charge in [-0.2, -0.15) is 0 Å². The van der Waals surface area contributed by atoms with Crippen LogP contribution in [0.3, 0.4) is 0 Å². The highest BCUT2D eigenvalue weighted by Gasteiger charge is 2.68. The molecule has 0 N–H and O–H groups in total. The number of rotatable bonds is 0. The van der Waals surface area contributed by atoms with Crippen LogP contribution < -0.4 is 0 Å². The highest BCUT2D eigenvalue weighted by Crippen LogP contribution is 2.76. The zero-order valence-electron chi connectivity index (χ0n) is 3.95. The van der Waals surface area contributed by atoms with Gasteiger partial charge < -0.3 is 0 Å². The first-order chi connectivity index (χ1) is 3.27. The number of hydrogen-bond donors (Lipinski definition) is 0. The summed E-state index contributed by atoms with van der Waals surface area (Å²) >= 11 is 3.58. The van der Waals surface area contributed by atoms with Crippen LogP contribution in [0.25, 0.3) is 0 Å². The Morgan fingerprint density at radius 3 is 2.00 bits per heavy atom. The maximum atomic E-state index is 3.63. The van der Waals surface area contributed by atoms with Gasteiger partial charge in [0, 0.05) is 15.1 Å². The molecular formula is C5H6BrSi. The maximum absolute atomic E-state index is 3.63. The van der Waals surface area contributed by atoms with Gasteiger partial charge in [0.1, 0.15) is 0 Å². The number of halogens is 1. The van der Waals surface area contributed by atoms with Crippen LogP contribution in [-0.2, 0) is 0 Å². The first kappa shape index (κ1) is 4.56. The first-order valence-corrected chi connectivity index (χ1v) is 4.12. The van der Waals surface area contributed by atoms with Gasteiger partial charge in [0.15, 0.2) is 0 Å². The van der Waals surface area contributed by atoms with Crippen LogP contribution in [0.1, 0.15) is 12.8 Å². The molecule has 2 aliphatic carbocycles. The minimum atomic E-state index is 0.747. The lowest BCUT2D eigenvalue weighted by molar-refractivity contribution is 0.905. The topological polar surface area (TPSA) is 0 Å².